The molecule has 2 N–H and O–H groups in total. The molecule has 0 radical (unpaired) electrons. The fraction of sp³-hybridized carbons (Fsp3) is 0.0833. The Morgan fingerprint density at radius 2 is 2.00 bits per heavy atom. The van der Waals surface area contributed by atoms with Crippen LogP contribution in [-0.2, 0) is 6.42 Å². The highest BCUT2D eigenvalue weighted by Gasteiger charge is 2.11. The number of halogens is 2. The van der Waals surface area contributed by atoms with E-state index in [1.54, 1.807) is 12.1 Å². The standard InChI is InChI=1S/C12H9Cl2NOS/c13-9-2-1-7(10(14)6-9)5-8-3-4-17-11(8)12(15)16/h1-4,6H,5H2,(H2,15,16). The fourth-order valence-electron chi connectivity index (χ4n) is 1.56. The Morgan fingerprint density at radius 3 is 2.65 bits per heavy atom. The number of carbonyl (C=O) groups excluding carboxylic acids is 1. The van der Waals surface area contributed by atoms with E-state index in [1.165, 1.54) is 11.3 Å². The maximum atomic E-state index is 11.2. The van der Waals surface area contributed by atoms with Crippen LogP contribution in [0.4, 0.5) is 0 Å². The molecular formula is C12H9Cl2NOS. The highest BCUT2D eigenvalue weighted by Crippen LogP contribution is 2.26. The van der Waals surface area contributed by atoms with Crippen LogP contribution in [0.5, 0.6) is 0 Å². The van der Waals surface area contributed by atoms with E-state index in [1.807, 2.05) is 17.5 Å². The third-order valence-corrected chi connectivity index (χ3v) is 3.92. The molecule has 0 fully saturated rings. The van der Waals surface area contributed by atoms with Gasteiger partial charge in [-0.1, -0.05) is 29.3 Å². The summed E-state index contributed by atoms with van der Waals surface area (Å²) in [5.41, 5.74) is 7.12. The molecule has 0 spiro atoms. The summed E-state index contributed by atoms with van der Waals surface area (Å²) in [6.07, 6.45) is 0.581. The molecule has 0 atom stereocenters. The molecule has 5 heteroatoms. The molecule has 1 aromatic carbocycles. The van der Waals surface area contributed by atoms with Crippen molar-refractivity contribution in [3.05, 3.63) is 55.7 Å². The normalized spacial score (nSPS) is 10.5. The van der Waals surface area contributed by atoms with Crippen molar-refractivity contribution in [1.29, 1.82) is 0 Å². The highest BCUT2D eigenvalue weighted by molar-refractivity contribution is 7.12. The first kappa shape index (κ1) is 12.4. The van der Waals surface area contributed by atoms with Crippen molar-refractivity contribution in [2.45, 2.75) is 6.42 Å². The van der Waals surface area contributed by atoms with Gasteiger partial charge in [0.1, 0.15) is 0 Å². The molecule has 0 aliphatic rings. The minimum Gasteiger partial charge on any atom is -0.365 e. The number of primary amides is 1. The van der Waals surface area contributed by atoms with Crippen molar-refractivity contribution in [3.8, 4) is 0 Å². The first-order valence-electron chi connectivity index (χ1n) is 4.88. The number of nitrogens with two attached hydrogens (primary N) is 1. The van der Waals surface area contributed by atoms with Gasteiger partial charge in [-0.25, -0.2) is 0 Å². The van der Waals surface area contributed by atoms with Gasteiger partial charge in [0, 0.05) is 16.5 Å². The predicted molar refractivity (Wildman–Crippen MR) is 72.1 cm³/mol. The Morgan fingerprint density at radius 1 is 1.24 bits per heavy atom. The average molecular weight is 286 g/mol. The van der Waals surface area contributed by atoms with Gasteiger partial charge in [0.15, 0.2) is 0 Å². The van der Waals surface area contributed by atoms with Gasteiger partial charge in [0.05, 0.1) is 4.88 Å². The van der Waals surface area contributed by atoms with Crippen LogP contribution in [0.15, 0.2) is 29.6 Å². The second-order valence-corrected chi connectivity index (χ2v) is 5.31. The van der Waals surface area contributed by atoms with E-state index in [4.69, 9.17) is 28.9 Å². The van der Waals surface area contributed by atoms with Crippen LogP contribution in [0.3, 0.4) is 0 Å². The molecule has 0 bridgehead atoms. The van der Waals surface area contributed by atoms with Gasteiger partial charge in [-0.3, -0.25) is 4.79 Å². The van der Waals surface area contributed by atoms with Gasteiger partial charge in [-0.05, 0) is 34.7 Å². The van der Waals surface area contributed by atoms with Gasteiger partial charge < -0.3 is 5.73 Å². The minimum atomic E-state index is -0.403. The number of hydrogen-bond acceptors (Lipinski definition) is 2. The van der Waals surface area contributed by atoms with Crippen LogP contribution in [0.25, 0.3) is 0 Å². The molecule has 0 aliphatic heterocycles. The number of rotatable bonds is 3. The van der Waals surface area contributed by atoms with Crippen molar-refractivity contribution >= 4 is 40.4 Å². The monoisotopic (exact) mass is 285 g/mol. The van der Waals surface area contributed by atoms with Crippen molar-refractivity contribution in [2.24, 2.45) is 5.73 Å². The Bertz CT molecular complexity index is 565. The van der Waals surface area contributed by atoms with Crippen LogP contribution >= 0.6 is 34.5 Å². The van der Waals surface area contributed by atoms with E-state index in [0.29, 0.717) is 21.3 Å². The average Bonchev–Trinajstić information content (AvgIpc) is 2.70. The molecule has 0 saturated heterocycles. The lowest BCUT2D eigenvalue weighted by atomic mass is 10.1. The summed E-state index contributed by atoms with van der Waals surface area (Å²) in [7, 11) is 0. The van der Waals surface area contributed by atoms with E-state index in [0.717, 1.165) is 11.1 Å². The number of carbonyl (C=O) groups is 1. The zero-order chi connectivity index (χ0) is 12.4. The van der Waals surface area contributed by atoms with Crippen LogP contribution in [0.1, 0.15) is 20.8 Å². The summed E-state index contributed by atoms with van der Waals surface area (Å²) >= 11 is 13.2. The van der Waals surface area contributed by atoms with E-state index in [-0.39, 0.29) is 0 Å². The summed E-state index contributed by atoms with van der Waals surface area (Å²) in [5, 5.41) is 3.04. The van der Waals surface area contributed by atoms with Crippen molar-refractivity contribution in [1.82, 2.24) is 0 Å². The van der Waals surface area contributed by atoms with Gasteiger partial charge in [0.25, 0.3) is 5.91 Å². The van der Waals surface area contributed by atoms with Gasteiger partial charge >= 0.3 is 0 Å². The molecule has 0 saturated carbocycles. The second-order valence-electron chi connectivity index (χ2n) is 3.55. The van der Waals surface area contributed by atoms with E-state index >= 15 is 0 Å². The molecular weight excluding hydrogens is 277 g/mol. The Labute approximate surface area is 113 Å². The smallest absolute Gasteiger partial charge is 0.259 e. The zero-order valence-corrected chi connectivity index (χ0v) is 11.1. The molecule has 1 heterocycles. The Kier molecular flexibility index (Phi) is 3.72. The number of hydrogen-bond donors (Lipinski definition) is 1. The first-order valence-corrected chi connectivity index (χ1v) is 6.51. The Balaban J connectivity index is 2.31. The molecule has 2 nitrogen and oxygen atoms in total. The molecule has 1 aromatic heterocycles. The van der Waals surface area contributed by atoms with E-state index in [9.17, 15) is 4.79 Å². The van der Waals surface area contributed by atoms with Crippen molar-refractivity contribution < 1.29 is 4.79 Å². The number of amides is 1. The number of benzene rings is 1. The lowest BCUT2D eigenvalue weighted by Crippen LogP contribution is -2.11. The molecule has 0 unspecified atom stereocenters. The summed E-state index contributed by atoms with van der Waals surface area (Å²) in [6.45, 7) is 0. The summed E-state index contributed by atoms with van der Waals surface area (Å²) in [6, 6.07) is 7.20. The molecule has 17 heavy (non-hydrogen) atoms. The fourth-order valence-corrected chi connectivity index (χ4v) is 2.81. The predicted octanol–water partition coefficient (Wildman–Crippen LogP) is 3.74. The lowest BCUT2D eigenvalue weighted by molar-refractivity contribution is 0.100. The van der Waals surface area contributed by atoms with E-state index in [2.05, 4.69) is 0 Å². The molecule has 2 aromatic rings. The lowest BCUT2D eigenvalue weighted by Gasteiger charge is -2.04. The first-order chi connectivity index (χ1) is 8.08. The van der Waals surface area contributed by atoms with Crippen LogP contribution in [0.2, 0.25) is 10.0 Å². The quantitative estimate of drug-likeness (QED) is 0.917. The SMILES string of the molecule is NC(=O)c1sccc1Cc1ccc(Cl)cc1Cl. The summed E-state index contributed by atoms with van der Waals surface area (Å²) in [4.78, 5) is 11.8. The van der Waals surface area contributed by atoms with Gasteiger partial charge in [-0.2, -0.15) is 0 Å². The molecule has 1 amide bonds. The van der Waals surface area contributed by atoms with Crippen LogP contribution < -0.4 is 5.73 Å². The number of thiophene rings is 1. The van der Waals surface area contributed by atoms with Gasteiger partial charge in [-0.15, -0.1) is 11.3 Å². The minimum absolute atomic E-state index is 0.403. The molecule has 0 aliphatic carbocycles. The summed E-state index contributed by atoms with van der Waals surface area (Å²) in [5.74, 6) is -0.403. The topological polar surface area (TPSA) is 43.1 Å². The molecule has 88 valence electrons. The third-order valence-electron chi connectivity index (χ3n) is 2.37. The largest absolute Gasteiger partial charge is 0.365 e. The highest BCUT2D eigenvalue weighted by atomic mass is 35.5. The van der Waals surface area contributed by atoms with Crippen LogP contribution in [0, 0.1) is 0 Å². The van der Waals surface area contributed by atoms with Crippen molar-refractivity contribution in [2.75, 3.05) is 0 Å². The maximum absolute atomic E-state index is 11.2. The maximum Gasteiger partial charge on any atom is 0.259 e. The second kappa shape index (κ2) is 5.08. The Hall–Kier alpha value is -1.03. The third kappa shape index (κ3) is 2.80. The van der Waals surface area contributed by atoms with Crippen molar-refractivity contribution in [3.63, 3.8) is 0 Å². The zero-order valence-electron chi connectivity index (χ0n) is 8.74. The summed E-state index contributed by atoms with van der Waals surface area (Å²) < 4.78 is 0. The molecule has 2 rings (SSSR count). The van der Waals surface area contributed by atoms with Crippen LogP contribution in [-0.4, -0.2) is 5.91 Å². The van der Waals surface area contributed by atoms with E-state index < -0.39 is 5.91 Å². The van der Waals surface area contributed by atoms with Gasteiger partial charge in [0.2, 0.25) is 0 Å².